The first kappa shape index (κ1) is 24.3. The Kier molecular flexibility index (Phi) is 4.93. The van der Waals surface area contributed by atoms with Crippen molar-refractivity contribution in [1.29, 1.82) is 0 Å². The van der Waals surface area contributed by atoms with Crippen LogP contribution in [0.5, 0.6) is 0 Å². The van der Waals surface area contributed by atoms with Crippen LogP contribution in [0.25, 0.3) is 82.7 Å². The van der Waals surface area contributed by atoms with Crippen molar-refractivity contribution in [2.45, 2.75) is 0 Å². The van der Waals surface area contributed by atoms with E-state index in [4.69, 9.17) is 9.97 Å². The fourth-order valence-electron chi connectivity index (χ4n) is 7.35. The lowest BCUT2D eigenvalue weighted by Crippen LogP contribution is -1.98. The maximum atomic E-state index is 4.70. The maximum absolute atomic E-state index is 4.70. The van der Waals surface area contributed by atoms with Crippen molar-refractivity contribution in [2.24, 2.45) is 0 Å². The molecule has 0 amide bonds. The van der Waals surface area contributed by atoms with E-state index in [0.29, 0.717) is 0 Å². The fraction of sp³-hybridized carbons (Fsp3) is 0. The molecule has 0 saturated heterocycles. The molecule has 5 nitrogen and oxygen atoms in total. The van der Waals surface area contributed by atoms with Crippen molar-refractivity contribution in [3.63, 3.8) is 0 Å². The van der Waals surface area contributed by atoms with Crippen LogP contribution in [0.3, 0.4) is 0 Å². The number of hydrogen-bond acceptors (Lipinski definition) is 2. The van der Waals surface area contributed by atoms with Crippen LogP contribution in [0, 0.1) is 0 Å². The van der Waals surface area contributed by atoms with E-state index in [2.05, 4.69) is 141 Å². The number of para-hydroxylation sites is 3. The monoisotopic (exact) mass is 575 g/mol. The van der Waals surface area contributed by atoms with Crippen molar-refractivity contribution in [1.82, 2.24) is 23.7 Å². The minimum absolute atomic E-state index is 0.910. The van der Waals surface area contributed by atoms with Gasteiger partial charge in [0.2, 0.25) is 0 Å². The topological polar surface area (TPSA) is 40.6 Å². The lowest BCUT2D eigenvalue weighted by atomic mass is 10.1. The summed E-state index contributed by atoms with van der Waals surface area (Å²) in [4.78, 5) is 9.39. The molecule has 0 saturated carbocycles. The molecular weight excluding hydrogens is 550 g/mol. The van der Waals surface area contributed by atoms with E-state index >= 15 is 0 Å². The van der Waals surface area contributed by atoms with E-state index < -0.39 is 0 Å². The zero-order chi connectivity index (χ0) is 29.5. The van der Waals surface area contributed by atoms with Gasteiger partial charge in [0, 0.05) is 51.0 Å². The van der Waals surface area contributed by atoms with Gasteiger partial charge in [-0.3, -0.25) is 9.97 Å². The van der Waals surface area contributed by atoms with Crippen LogP contribution in [0.1, 0.15) is 0 Å². The Bertz CT molecular complexity index is 2710. The van der Waals surface area contributed by atoms with Gasteiger partial charge in [-0.1, -0.05) is 60.7 Å². The SMILES string of the molecule is c1ccc(-n2c3ccccc3c3c4c5ccccc5n(-c5cccc(-n6c7cccnc7c7ncccc76)c5)c4ccc32)cc1. The smallest absolute Gasteiger partial charge is 0.115 e. The number of hydrogen-bond donors (Lipinski definition) is 0. The van der Waals surface area contributed by atoms with Crippen LogP contribution in [0.15, 0.2) is 152 Å². The van der Waals surface area contributed by atoms with Crippen molar-refractivity contribution >= 4 is 65.7 Å². The number of rotatable bonds is 3. The van der Waals surface area contributed by atoms with Crippen LogP contribution in [-0.2, 0) is 0 Å². The van der Waals surface area contributed by atoms with Crippen LogP contribution in [0.4, 0.5) is 0 Å². The summed E-state index contributed by atoms with van der Waals surface area (Å²) in [5.41, 5.74) is 12.0. The molecule has 0 unspecified atom stereocenters. The quantitative estimate of drug-likeness (QED) is 0.210. The van der Waals surface area contributed by atoms with Crippen LogP contribution >= 0.6 is 0 Å². The molecule has 210 valence electrons. The third kappa shape index (κ3) is 3.32. The van der Waals surface area contributed by atoms with Crippen molar-refractivity contribution < 1.29 is 0 Å². The average molecular weight is 576 g/mol. The Morgan fingerprint density at radius 3 is 1.36 bits per heavy atom. The molecule has 10 rings (SSSR count). The summed E-state index contributed by atoms with van der Waals surface area (Å²) in [6.07, 6.45) is 3.68. The van der Waals surface area contributed by atoms with Gasteiger partial charge in [-0.25, -0.2) is 0 Å². The first-order valence-corrected chi connectivity index (χ1v) is 15.2. The third-order valence-electron chi connectivity index (χ3n) is 9.11. The zero-order valence-corrected chi connectivity index (χ0v) is 24.2. The van der Waals surface area contributed by atoms with Gasteiger partial charge in [0.05, 0.1) is 33.1 Å². The highest BCUT2D eigenvalue weighted by molar-refractivity contribution is 6.28. The van der Waals surface area contributed by atoms with E-state index in [-0.39, 0.29) is 0 Å². The largest absolute Gasteiger partial charge is 0.309 e. The highest BCUT2D eigenvalue weighted by atomic mass is 15.0. The van der Waals surface area contributed by atoms with Gasteiger partial charge in [0.1, 0.15) is 11.0 Å². The molecule has 5 aromatic carbocycles. The van der Waals surface area contributed by atoms with Crippen molar-refractivity contribution in [3.8, 4) is 17.1 Å². The lowest BCUT2D eigenvalue weighted by Gasteiger charge is -2.12. The second-order valence-corrected chi connectivity index (χ2v) is 11.5. The highest BCUT2D eigenvalue weighted by Crippen LogP contribution is 2.42. The predicted octanol–water partition coefficient (Wildman–Crippen LogP) is 9.77. The van der Waals surface area contributed by atoms with Gasteiger partial charge in [-0.05, 0) is 78.9 Å². The molecule has 0 aliphatic carbocycles. The normalized spacial score (nSPS) is 12.0. The van der Waals surface area contributed by atoms with E-state index in [1.54, 1.807) is 0 Å². The summed E-state index contributed by atoms with van der Waals surface area (Å²) in [5, 5.41) is 5.04. The predicted molar refractivity (Wildman–Crippen MR) is 185 cm³/mol. The highest BCUT2D eigenvalue weighted by Gasteiger charge is 2.21. The van der Waals surface area contributed by atoms with Gasteiger partial charge in [0.25, 0.3) is 0 Å². The number of nitrogens with zero attached hydrogens (tertiary/aromatic N) is 5. The molecular formula is C40H25N5. The second-order valence-electron chi connectivity index (χ2n) is 11.5. The Balaban J connectivity index is 1.30. The Morgan fingerprint density at radius 2 is 0.778 bits per heavy atom. The summed E-state index contributed by atoms with van der Waals surface area (Å²) < 4.78 is 7.07. The Morgan fingerprint density at radius 1 is 0.333 bits per heavy atom. The zero-order valence-electron chi connectivity index (χ0n) is 24.2. The molecule has 0 atom stereocenters. The van der Waals surface area contributed by atoms with Gasteiger partial charge in [-0.2, -0.15) is 0 Å². The molecule has 10 aromatic rings. The Labute approximate surface area is 257 Å². The van der Waals surface area contributed by atoms with Gasteiger partial charge < -0.3 is 13.7 Å². The van der Waals surface area contributed by atoms with Gasteiger partial charge in [0.15, 0.2) is 0 Å². The minimum atomic E-state index is 0.910. The molecule has 5 aromatic heterocycles. The van der Waals surface area contributed by atoms with Crippen molar-refractivity contribution in [3.05, 3.63) is 152 Å². The molecule has 0 aliphatic heterocycles. The lowest BCUT2D eigenvalue weighted by molar-refractivity contribution is 1.13. The minimum Gasteiger partial charge on any atom is -0.309 e. The maximum Gasteiger partial charge on any atom is 0.115 e. The standard InChI is InChI=1S/C40H25N5/c1-2-11-26(12-3-1)43-31-17-6-4-15-29(31)37-33(43)21-22-34-38(37)30-16-5-7-18-32(30)44(34)27-13-8-14-28(25-27)45-35-19-9-23-41-39(35)40-36(45)20-10-24-42-40/h1-25H. The van der Waals surface area contributed by atoms with E-state index in [9.17, 15) is 0 Å². The van der Waals surface area contributed by atoms with Crippen LogP contribution in [0.2, 0.25) is 0 Å². The molecule has 0 spiro atoms. The summed E-state index contributed by atoms with van der Waals surface area (Å²) >= 11 is 0. The molecule has 0 N–H and O–H groups in total. The van der Waals surface area contributed by atoms with Gasteiger partial charge in [-0.15, -0.1) is 0 Å². The van der Waals surface area contributed by atoms with E-state index in [0.717, 1.165) is 39.1 Å². The first-order valence-electron chi connectivity index (χ1n) is 15.2. The third-order valence-corrected chi connectivity index (χ3v) is 9.11. The summed E-state index contributed by atoms with van der Waals surface area (Å²) in [5.74, 6) is 0. The van der Waals surface area contributed by atoms with Crippen molar-refractivity contribution in [2.75, 3.05) is 0 Å². The summed E-state index contributed by atoms with van der Waals surface area (Å²) in [6.45, 7) is 0. The Hall–Kier alpha value is -6.20. The summed E-state index contributed by atoms with van der Waals surface area (Å²) in [7, 11) is 0. The fourth-order valence-corrected chi connectivity index (χ4v) is 7.35. The second kappa shape index (κ2) is 9.15. The van der Waals surface area contributed by atoms with Gasteiger partial charge >= 0.3 is 0 Å². The molecule has 5 heterocycles. The number of fused-ring (bicyclic) bond motifs is 10. The number of aromatic nitrogens is 5. The number of benzene rings is 5. The molecule has 0 aliphatic rings. The van der Waals surface area contributed by atoms with E-state index in [1.165, 1.54) is 43.6 Å². The van der Waals surface area contributed by atoms with Crippen LogP contribution < -0.4 is 0 Å². The molecule has 5 heteroatoms. The molecule has 45 heavy (non-hydrogen) atoms. The van der Waals surface area contributed by atoms with Crippen LogP contribution in [-0.4, -0.2) is 23.7 Å². The molecule has 0 radical (unpaired) electrons. The summed E-state index contributed by atoms with van der Waals surface area (Å²) in [6, 6.07) is 49.8. The first-order chi connectivity index (χ1) is 22.4. The molecule has 0 fully saturated rings. The average Bonchev–Trinajstić information content (AvgIpc) is 3.74. The van der Waals surface area contributed by atoms with E-state index in [1.807, 2.05) is 24.5 Å². The number of pyridine rings is 2. The molecule has 0 bridgehead atoms.